The van der Waals surface area contributed by atoms with Gasteiger partial charge in [-0.15, -0.1) is 0 Å². The first-order chi connectivity index (χ1) is 12.4. The van der Waals surface area contributed by atoms with Gasteiger partial charge < -0.3 is 28.8 Å². The lowest BCUT2D eigenvalue weighted by Gasteiger charge is -2.33. The van der Waals surface area contributed by atoms with Crippen molar-refractivity contribution in [1.29, 1.82) is 0 Å². The molecule has 0 radical (unpaired) electrons. The summed E-state index contributed by atoms with van der Waals surface area (Å²) in [5.41, 5.74) is 0. The SMILES string of the molecule is C[SiH]1O[SiH](C)O[SiH](C)O[SiH](C)O1.C[Si](C)(C)O[SiH](O[Si](C)(C)C)O[Si](C)(C)C. The van der Waals surface area contributed by atoms with Gasteiger partial charge in [0.1, 0.15) is 0 Å². The van der Waals surface area contributed by atoms with Crippen LogP contribution in [0.25, 0.3) is 0 Å². The van der Waals surface area contributed by atoms with Gasteiger partial charge >= 0.3 is 9.53 Å². The Labute approximate surface area is 185 Å². The van der Waals surface area contributed by atoms with E-state index in [9.17, 15) is 0 Å². The van der Waals surface area contributed by atoms with Crippen LogP contribution < -0.4 is 0 Å². The van der Waals surface area contributed by atoms with Crippen molar-refractivity contribution in [3.8, 4) is 0 Å². The highest BCUT2D eigenvalue weighted by Gasteiger charge is 2.33. The summed E-state index contributed by atoms with van der Waals surface area (Å²) in [7, 11) is -12.3. The van der Waals surface area contributed by atoms with Gasteiger partial charge in [0.2, 0.25) is 0 Å². The van der Waals surface area contributed by atoms with E-state index >= 15 is 0 Å². The lowest BCUT2D eigenvalue weighted by atomic mass is 11.8. The smallest absolute Gasteiger partial charge is 0.420 e. The van der Waals surface area contributed by atoms with Crippen LogP contribution in [0.1, 0.15) is 0 Å². The average Bonchev–Trinajstić information content (AvgIpc) is 2.29. The van der Waals surface area contributed by atoms with Gasteiger partial charge in [-0.1, -0.05) is 0 Å². The van der Waals surface area contributed by atoms with E-state index in [2.05, 4.69) is 58.9 Å². The Morgan fingerprint density at radius 3 is 0.786 bits per heavy atom. The maximum absolute atomic E-state index is 6.09. The van der Waals surface area contributed by atoms with Crippen molar-refractivity contribution in [3.63, 3.8) is 0 Å². The van der Waals surface area contributed by atoms with Crippen molar-refractivity contribution >= 4 is 71.6 Å². The minimum Gasteiger partial charge on any atom is -0.420 e. The van der Waals surface area contributed by atoms with Gasteiger partial charge in [0.25, 0.3) is 37.1 Å². The average molecular weight is 537 g/mol. The first-order valence-corrected chi connectivity index (χ1v) is 30.0. The van der Waals surface area contributed by atoms with E-state index in [-0.39, 0.29) is 0 Å². The molecule has 0 aromatic carbocycles. The molecule has 170 valence electrons. The van der Waals surface area contributed by atoms with Gasteiger partial charge in [-0.2, -0.15) is 0 Å². The maximum atomic E-state index is 6.09. The minimum atomic E-state index is -1.92. The lowest BCUT2D eigenvalue weighted by molar-refractivity contribution is 0.294. The second kappa shape index (κ2) is 12.5. The zero-order chi connectivity index (χ0) is 22.3. The van der Waals surface area contributed by atoms with Gasteiger partial charge in [-0.25, -0.2) is 0 Å². The normalized spacial score (nSPS) is 27.6. The molecule has 0 saturated carbocycles. The van der Waals surface area contributed by atoms with Crippen LogP contribution in [0.3, 0.4) is 0 Å². The van der Waals surface area contributed by atoms with Gasteiger partial charge in [-0.05, 0) is 85.1 Å². The highest BCUT2D eigenvalue weighted by atomic mass is 28.5. The summed E-state index contributed by atoms with van der Waals surface area (Å²) in [6.07, 6.45) is 0. The molecule has 7 nitrogen and oxygen atoms in total. The molecule has 0 amide bonds. The molecule has 1 aliphatic heterocycles. The fraction of sp³-hybridized carbons (Fsp3) is 1.00. The summed E-state index contributed by atoms with van der Waals surface area (Å²) in [5, 5.41) is 0. The summed E-state index contributed by atoms with van der Waals surface area (Å²) >= 11 is 0. The molecular weight excluding hydrogens is 493 g/mol. The predicted molar refractivity (Wildman–Crippen MR) is 137 cm³/mol. The van der Waals surface area contributed by atoms with Gasteiger partial charge in [0, 0.05) is 0 Å². The second-order valence-corrected chi connectivity index (χ2v) is 34.8. The van der Waals surface area contributed by atoms with Crippen LogP contribution in [0.4, 0.5) is 0 Å². The minimum absolute atomic E-state index is 1.42. The van der Waals surface area contributed by atoms with E-state index in [1.54, 1.807) is 0 Å². The lowest BCUT2D eigenvalue weighted by Crippen LogP contribution is -2.49. The molecule has 1 saturated heterocycles. The van der Waals surface area contributed by atoms with Crippen molar-refractivity contribution in [1.82, 2.24) is 0 Å². The predicted octanol–water partition coefficient (Wildman–Crippen LogP) is 2.73. The molecule has 0 spiro atoms. The van der Waals surface area contributed by atoms with Crippen molar-refractivity contribution in [2.75, 3.05) is 0 Å². The topological polar surface area (TPSA) is 64.6 Å². The van der Waals surface area contributed by atoms with E-state index in [4.69, 9.17) is 28.8 Å². The van der Waals surface area contributed by atoms with Crippen molar-refractivity contribution in [3.05, 3.63) is 0 Å². The Kier molecular flexibility index (Phi) is 13.1. The maximum Gasteiger partial charge on any atom is 0.452 e. The molecule has 1 heterocycles. The van der Waals surface area contributed by atoms with Crippen LogP contribution in [0.5, 0.6) is 0 Å². The fourth-order valence-corrected chi connectivity index (χ4v) is 22.9. The molecule has 0 bridgehead atoms. The third-order valence-electron chi connectivity index (χ3n) is 2.88. The monoisotopic (exact) mass is 536 g/mol. The van der Waals surface area contributed by atoms with Gasteiger partial charge in [0.05, 0.1) is 0 Å². The van der Waals surface area contributed by atoms with Crippen LogP contribution in [0.15, 0.2) is 0 Å². The van der Waals surface area contributed by atoms with Crippen LogP contribution >= 0.6 is 0 Å². The molecule has 15 heteroatoms. The number of hydrogen-bond acceptors (Lipinski definition) is 7. The third-order valence-corrected chi connectivity index (χ3v) is 25.9. The summed E-state index contributed by atoms with van der Waals surface area (Å²) in [4.78, 5) is 0. The molecule has 0 aromatic heterocycles. The van der Waals surface area contributed by atoms with Crippen molar-refractivity contribution < 1.29 is 28.8 Å². The Morgan fingerprint density at radius 2 is 0.643 bits per heavy atom. The van der Waals surface area contributed by atoms with Crippen LogP contribution in [-0.2, 0) is 28.8 Å². The van der Waals surface area contributed by atoms with E-state index in [0.717, 1.165) is 0 Å². The fourth-order valence-electron chi connectivity index (χ4n) is 2.15. The van der Waals surface area contributed by atoms with Gasteiger partial charge in [0.15, 0.2) is 25.0 Å². The molecule has 1 fully saturated rings. The molecule has 1 rings (SSSR count). The second-order valence-electron chi connectivity index (χ2n) is 9.79. The zero-order valence-corrected chi connectivity index (χ0v) is 29.0. The molecule has 0 aromatic rings. The molecule has 0 N–H and O–H groups in total. The van der Waals surface area contributed by atoms with Crippen LogP contribution in [-0.4, -0.2) is 71.6 Å². The molecule has 0 unspecified atom stereocenters. The first-order valence-electron chi connectivity index (χ1n) is 10.0. The van der Waals surface area contributed by atoms with Gasteiger partial charge in [-0.3, -0.25) is 0 Å². The summed E-state index contributed by atoms with van der Waals surface area (Å²) in [5.74, 6) is 0. The Balaban J connectivity index is 0.000000540. The van der Waals surface area contributed by atoms with E-state index < -0.39 is 71.6 Å². The Hall–Kier alpha value is 1.46. The molecular formula is C13H44O7Si8. The highest BCUT2D eigenvalue weighted by Crippen LogP contribution is 2.16. The quantitative estimate of drug-likeness (QED) is 0.484. The standard InChI is InChI=1S/C9H28O3Si4.C4H16O4Si4/c1-14(2,3)10-13(11-15(4,5)6)12-16(7,8)9;1-9-5-10(2)7-12(4)8-11(3)6-9/h13H,1-9H3;9-12H,1-4H3. The Morgan fingerprint density at radius 1 is 0.464 bits per heavy atom. The number of rotatable bonds is 6. The van der Waals surface area contributed by atoms with Crippen molar-refractivity contribution in [2.45, 2.75) is 85.1 Å². The van der Waals surface area contributed by atoms with Crippen LogP contribution in [0.2, 0.25) is 85.1 Å². The Bertz CT molecular complexity index is 362. The molecule has 0 aliphatic carbocycles. The van der Waals surface area contributed by atoms with E-state index in [1.807, 2.05) is 26.2 Å². The van der Waals surface area contributed by atoms with E-state index in [0.29, 0.717) is 0 Å². The van der Waals surface area contributed by atoms with E-state index in [1.165, 1.54) is 0 Å². The molecule has 28 heavy (non-hydrogen) atoms. The summed E-state index contributed by atoms with van der Waals surface area (Å²) in [6, 6.07) is 0. The molecule has 0 atom stereocenters. The zero-order valence-electron chi connectivity index (χ0n) is 20.2. The summed E-state index contributed by atoms with van der Waals surface area (Å²) < 4.78 is 40.9. The van der Waals surface area contributed by atoms with Crippen molar-refractivity contribution in [2.24, 2.45) is 0 Å². The van der Waals surface area contributed by atoms with Crippen LogP contribution in [0, 0.1) is 0 Å². The highest BCUT2D eigenvalue weighted by molar-refractivity contribution is 6.83. The number of hydrogen-bond donors (Lipinski definition) is 0. The first kappa shape index (κ1) is 29.5. The third kappa shape index (κ3) is 18.2. The molecule has 1 aliphatic rings. The summed E-state index contributed by atoms with van der Waals surface area (Å²) in [6.45, 7) is 27.9. The largest absolute Gasteiger partial charge is 0.452 e.